The summed E-state index contributed by atoms with van der Waals surface area (Å²) < 4.78 is 130. The molecular weight excluding hydrogens is 408 g/mol. The molecule has 1 aromatic heterocycles. The van der Waals surface area contributed by atoms with Gasteiger partial charge in [0, 0.05) is 0 Å². The number of aromatic nitrogens is 3. The van der Waals surface area contributed by atoms with Crippen LogP contribution in [0.5, 0.6) is 12.0 Å². The number of alkyl halides is 10. The molecule has 1 heterocycles. The summed E-state index contributed by atoms with van der Waals surface area (Å²) in [5, 5.41) is -0.981. The van der Waals surface area contributed by atoms with Crippen molar-refractivity contribution in [3.8, 4) is 12.0 Å². The summed E-state index contributed by atoms with van der Waals surface area (Å²) in [6.07, 6.45) is -11.9. The largest absolute Gasteiger partial charge is 0.456 e. The average molecular weight is 412 g/mol. The second-order valence-electron chi connectivity index (χ2n) is 4.15. The third-order valence-electron chi connectivity index (χ3n) is 2.16. The van der Waals surface area contributed by atoms with Crippen LogP contribution >= 0.6 is 11.6 Å². The van der Waals surface area contributed by atoms with Crippen LogP contribution in [0.3, 0.4) is 0 Å². The summed E-state index contributed by atoms with van der Waals surface area (Å²) >= 11 is 5.19. The maximum atomic E-state index is 12.6. The van der Waals surface area contributed by atoms with E-state index in [0.717, 1.165) is 0 Å². The number of hydrogen-bond acceptors (Lipinski definition) is 5. The Kier molecular flexibility index (Phi) is 5.81. The molecule has 5 nitrogen and oxygen atoms in total. The van der Waals surface area contributed by atoms with Gasteiger partial charge < -0.3 is 9.47 Å². The summed E-state index contributed by atoms with van der Waals surface area (Å²) in [4.78, 5) is 8.74. The van der Waals surface area contributed by atoms with E-state index < -0.39 is 54.7 Å². The minimum absolute atomic E-state index is 0.981. The molecule has 0 atom stereocenters. The standard InChI is InChI=1S/C9H4ClF10N3O2/c10-3-21-4(24-1-6(11,12)8(15,16)17)23-5(22-3)25-2-7(13,14)9(18,19)20/h1-2H2. The van der Waals surface area contributed by atoms with E-state index in [4.69, 9.17) is 11.6 Å². The van der Waals surface area contributed by atoms with Gasteiger partial charge in [0.05, 0.1) is 0 Å². The predicted molar refractivity (Wildman–Crippen MR) is 57.8 cm³/mol. The number of rotatable bonds is 6. The van der Waals surface area contributed by atoms with Crippen molar-refractivity contribution in [3.63, 3.8) is 0 Å². The second-order valence-corrected chi connectivity index (χ2v) is 4.49. The molecule has 0 aliphatic carbocycles. The molecule has 0 aromatic carbocycles. The summed E-state index contributed by atoms with van der Waals surface area (Å²) in [7, 11) is 0. The van der Waals surface area contributed by atoms with Crippen LogP contribution in [0.1, 0.15) is 0 Å². The normalized spacial score (nSPS) is 13.7. The molecule has 0 radical (unpaired) electrons. The fraction of sp³-hybridized carbons (Fsp3) is 0.667. The van der Waals surface area contributed by atoms with E-state index in [1.54, 1.807) is 0 Å². The molecule has 0 aliphatic rings. The van der Waals surface area contributed by atoms with Gasteiger partial charge in [0.2, 0.25) is 5.28 Å². The van der Waals surface area contributed by atoms with Crippen molar-refractivity contribution in [3.05, 3.63) is 5.28 Å². The molecule has 0 aliphatic heterocycles. The third kappa shape index (κ3) is 5.61. The topological polar surface area (TPSA) is 57.1 Å². The molecule has 144 valence electrons. The van der Waals surface area contributed by atoms with Crippen LogP contribution in [0.2, 0.25) is 5.28 Å². The molecule has 25 heavy (non-hydrogen) atoms. The minimum Gasteiger partial charge on any atom is -0.456 e. The molecule has 0 saturated heterocycles. The van der Waals surface area contributed by atoms with E-state index in [1.165, 1.54) is 0 Å². The van der Waals surface area contributed by atoms with E-state index in [9.17, 15) is 43.9 Å². The van der Waals surface area contributed by atoms with Crippen LogP contribution in [-0.4, -0.2) is 52.4 Å². The Morgan fingerprint density at radius 1 is 0.640 bits per heavy atom. The highest BCUT2D eigenvalue weighted by Gasteiger charge is 2.59. The Morgan fingerprint density at radius 3 is 1.24 bits per heavy atom. The Morgan fingerprint density at radius 2 is 0.960 bits per heavy atom. The molecule has 0 fully saturated rings. The van der Waals surface area contributed by atoms with Gasteiger partial charge in [-0.05, 0) is 11.6 Å². The fourth-order valence-corrected chi connectivity index (χ4v) is 1.06. The Labute approximate surface area is 135 Å². The highest BCUT2D eigenvalue weighted by atomic mass is 35.5. The maximum Gasteiger partial charge on any atom is 0.456 e. The smallest absolute Gasteiger partial charge is 0.456 e. The van der Waals surface area contributed by atoms with Crippen LogP contribution in [0.4, 0.5) is 43.9 Å². The Bertz CT molecular complexity index is 558. The van der Waals surface area contributed by atoms with Gasteiger partial charge in [-0.25, -0.2) is 0 Å². The summed E-state index contributed by atoms with van der Waals surface area (Å²) in [6, 6.07) is -2.62. The van der Waals surface area contributed by atoms with Gasteiger partial charge in [0.1, 0.15) is 0 Å². The fourth-order valence-electron chi connectivity index (χ4n) is 0.918. The number of hydrogen-bond donors (Lipinski definition) is 0. The Balaban J connectivity index is 2.84. The van der Waals surface area contributed by atoms with E-state index in [0.29, 0.717) is 0 Å². The number of nitrogens with zero attached hydrogens (tertiary/aromatic N) is 3. The van der Waals surface area contributed by atoms with Crippen molar-refractivity contribution in [2.24, 2.45) is 0 Å². The van der Waals surface area contributed by atoms with E-state index >= 15 is 0 Å². The van der Waals surface area contributed by atoms with Crippen molar-refractivity contribution in [1.82, 2.24) is 15.0 Å². The lowest BCUT2D eigenvalue weighted by molar-refractivity contribution is -0.290. The number of ether oxygens (including phenoxy) is 2. The number of halogens is 11. The molecular formula is C9H4ClF10N3O2. The molecule has 0 spiro atoms. The third-order valence-corrected chi connectivity index (χ3v) is 2.33. The van der Waals surface area contributed by atoms with E-state index in [-0.39, 0.29) is 0 Å². The van der Waals surface area contributed by atoms with Gasteiger partial charge in [-0.1, -0.05) is 0 Å². The highest BCUT2D eigenvalue weighted by molar-refractivity contribution is 6.28. The van der Waals surface area contributed by atoms with Gasteiger partial charge in [-0.2, -0.15) is 53.9 Å². The Hall–Kier alpha value is -1.80. The summed E-state index contributed by atoms with van der Waals surface area (Å²) in [5.41, 5.74) is 0. The summed E-state index contributed by atoms with van der Waals surface area (Å²) in [5.74, 6) is -10.6. The quantitative estimate of drug-likeness (QED) is 0.669. The molecule has 1 aromatic rings. The monoisotopic (exact) mass is 411 g/mol. The van der Waals surface area contributed by atoms with Crippen LogP contribution in [0.15, 0.2) is 0 Å². The van der Waals surface area contributed by atoms with Gasteiger partial charge in [0.25, 0.3) is 0 Å². The van der Waals surface area contributed by atoms with Crippen LogP contribution in [0, 0.1) is 0 Å². The van der Waals surface area contributed by atoms with Crippen molar-refractivity contribution in [2.45, 2.75) is 24.2 Å². The molecule has 0 amide bonds. The lowest BCUT2D eigenvalue weighted by atomic mass is 10.3. The lowest BCUT2D eigenvalue weighted by Crippen LogP contribution is -2.42. The zero-order chi connectivity index (χ0) is 19.7. The lowest BCUT2D eigenvalue weighted by Gasteiger charge is -2.20. The van der Waals surface area contributed by atoms with E-state index in [2.05, 4.69) is 24.4 Å². The van der Waals surface area contributed by atoms with Gasteiger partial charge in [-0.3, -0.25) is 0 Å². The molecule has 0 N–H and O–H groups in total. The van der Waals surface area contributed by atoms with Gasteiger partial charge in [-0.15, -0.1) is 4.98 Å². The second kappa shape index (κ2) is 6.84. The first-order valence-corrected chi connectivity index (χ1v) is 5.99. The molecule has 1 rings (SSSR count). The zero-order valence-corrected chi connectivity index (χ0v) is 12.0. The summed E-state index contributed by atoms with van der Waals surface area (Å²) in [6.45, 7) is -4.62. The average Bonchev–Trinajstić information content (AvgIpc) is 2.40. The molecule has 0 unspecified atom stereocenters. The van der Waals surface area contributed by atoms with Gasteiger partial charge in [0.15, 0.2) is 13.2 Å². The predicted octanol–water partition coefficient (Wildman–Crippen LogP) is 3.68. The van der Waals surface area contributed by atoms with Crippen molar-refractivity contribution >= 4 is 11.6 Å². The van der Waals surface area contributed by atoms with Gasteiger partial charge >= 0.3 is 36.2 Å². The zero-order valence-electron chi connectivity index (χ0n) is 11.2. The van der Waals surface area contributed by atoms with Crippen LogP contribution in [-0.2, 0) is 0 Å². The first-order chi connectivity index (χ1) is 11.1. The van der Waals surface area contributed by atoms with E-state index in [1.807, 2.05) is 0 Å². The first-order valence-electron chi connectivity index (χ1n) is 5.61. The van der Waals surface area contributed by atoms with Crippen molar-refractivity contribution in [2.75, 3.05) is 13.2 Å². The molecule has 0 saturated carbocycles. The molecule has 0 bridgehead atoms. The van der Waals surface area contributed by atoms with Crippen molar-refractivity contribution in [1.29, 1.82) is 0 Å². The molecule has 16 heteroatoms. The van der Waals surface area contributed by atoms with Crippen LogP contribution in [0.25, 0.3) is 0 Å². The van der Waals surface area contributed by atoms with Crippen LogP contribution < -0.4 is 9.47 Å². The minimum atomic E-state index is -5.97. The first kappa shape index (κ1) is 21.2. The highest BCUT2D eigenvalue weighted by Crippen LogP contribution is 2.36. The SMILES string of the molecule is FC(F)(F)C(F)(F)COc1nc(Cl)nc(OCC(F)(F)C(F)(F)F)n1. The maximum absolute atomic E-state index is 12.6. The van der Waals surface area contributed by atoms with Crippen molar-refractivity contribution < 1.29 is 53.4 Å².